The monoisotopic (exact) mass is 212 g/mol. The van der Waals surface area contributed by atoms with E-state index in [0.29, 0.717) is 0 Å². The molecule has 1 N–H and O–H groups in total. The molecule has 15 heavy (non-hydrogen) atoms. The fourth-order valence-electron chi connectivity index (χ4n) is 2.31. The lowest BCUT2D eigenvalue weighted by molar-refractivity contribution is 0.181. The van der Waals surface area contributed by atoms with Gasteiger partial charge in [0, 0.05) is 12.6 Å². The highest BCUT2D eigenvalue weighted by atomic mass is 15.2. The summed E-state index contributed by atoms with van der Waals surface area (Å²) in [6.45, 7) is 8.28. The third kappa shape index (κ3) is 5.53. The van der Waals surface area contributed by atoms with Crippen LogP contribution in [0.4, 0.5) is 0 Å². The Hall–Kier alpha value is -0.0800. The number of piperidine rings is 1. The molecule has 0 aliphatic carbocycles. The molecule has 0 aromatic heterocycles. The normalized spacial score (nSPS) is 23.6. The largest absolute Gasteiger partial charge is 0.315 e. The molecule has 0 amide bonds. The number of hydrogen-bond acceptors (Lipinski definition) is 2. The van der Waals surface area contributed by atoms with E-state index < -0.39 is 0 Å². The van der Waals surface area contributed by atoms with Gasteiger partial charge in [-0.3, -0.25) is 0 Å². The quantitative estimate of drug-likeness (QED) is 0.681. The zero-order chi connectivity index (χ0) is 11.1. The number of rotatable bonds is 6. The van der Waals surface area contributed by atoms with Crippen LogP contribution >= 0.6 is 0 Å². The van der Waals surface area contributed by atoms with Gasteiger partial charge in [-0.25, -0.2) is 0 Å². The summed E-state index contributed by atoms with van der Waals surface area (Å²) < 4.78 is 0. The van der Waals surface area contributed by atoms with Crippen LogP contribution in [0.3, 0.4) is 0 Å². The van der Waals surface area contributed by atoms with Crippen molar-refractivity contribution in [2.75, 3.05) is 26.7 Å². The molecule has 0 aromatic carbocycles. The predicted octanol–water partition coefficient (Wildman–Crippen LogP) is 2.50. The zero-order valence-corrected chi connectivity index (χ0v) is 10.8. The Kier molecular flexibility index (Phi) is 6.26. The van der Waals surface area contributed by atoms with E-state index in [4.69, 9.17) is 0 Å². The molecule has 1 aliphatic rings. The van der Waals surface area contributed by atoms with Gasteiger partial charge in [0.2, 0.25) is 0 Å². The molecule has 1 aliphatic heterocycles. The van der Waals surface area contributed by atoms with Gasteiger partial charge in [0.05, 0.1) is 0 Å². The highest BCUT2D eigenvalue weighted by Crippen LogP contribution is 2.13. The Morgan fingerprint density at radius 3 is 2.80 bits per heavy atom. The molecule has 0 bridgehead atoms. The maximum atomic E-state index is 3.60. The van der Waals surface area contributed by atoms with E-state index in [1.165, 1.54) is 51.7 Å². The fourth-order valence-corrected chi connectivity index (χ4v) is 2.31. The lowest BCUT2D eigenvalue weighted by Gasteiger charge is -2.32. The van der Waals surface area contributed by atoms with Gasteiger partial charge < -0.3 is 10.2 Å². The van der Waals surface area contributed by atoms with E-state index in [1.54, 1.807) is 0 Å². The first kappa shape index (κ1) is 13.0. The van der Waals surface area contributed by atoms with Crippen molar-refractivity contribution in [1.29, 1.82) is 0 Å². The van der Waals surface area contributed by atoms with Gasteiger partial charge in [-0.1, -0.05) is 20.3 Å². The first-order valence-corrected chi connectivity index (χ1v) is 6.61. The molecule has 2 heteroatoms. The van der Waals surface area contributed by atoms with Crippen LogP contribution in [-0.2, 0) is 0 Å². The highest BCUT2D eigenvalue weighted by molar-refractivity contribution is 4.75. The van der Waals surface area contributed by atoms with E-state index >= 15 is 0 Å². The van der Waals surface area contributed by atoms with Crippen molar-refractivity contribution < 1.29 is 0 Å². The Labute approximate surface area is 95.4 Å². The summed E-state index contributed by atoms with van der Waals surface area (Å²) >= 11 is 0. The second-order valence-corrected chi connectivity index (χ2v) is 5.37. The Bertz CT molecular complexity index is 157. The summed E-state index contributed by atoms with van der Waals surface area (Å²) in [7, 11) is 2.26. The van der Waals surface area contributed by atoms with Crippen LogP contribution in [0.5, 0.6) is 0 Å². The number of hydrogen-bond donors (Lipinski definition) is 1. The van der Waals surface area contributed by atoms with Crippen molar-refractivity contribution in [3.63, 3.8) is 0 Å². The maximum absolute atomic E-state index is 3.60. The molecule has 1 saturated heterocycles. The maximum Gasteiger partial charge on any atom is 0.0217 e. The number of nitrogens with zero attached hydrogens (tertiary/aromatic N) is 1. The predicted molar refractivity (Wildman–Crippen MR) is 67.2 cm³/mol. The van der Waals surface area contributed by atoms with Crippen molar-refractivity contribution in [3.8, 4) is 0 Å². The molecule has 0 saturated carbocycles. The van der Waals surface area contributed by atoms with Crippen LogP contribution in [0.1, 0.15) is 46.0 Å². The zero-order valence-electron chi connectivity index (χ0n) is 10.8. The van der Waals surface area contributed by atoms with Crippen LogP contribution in [0, 0.1) is 5.92 Å². The van der Waals surface area contributed by atoms with Gasteiger partial charge in [-0.05, 0) is 51.7 Å². The van der Waals surface area contributed by atoms with Crippen molar-refractivity contribution >= 4 is 0 Å². The van der Waals surface area contributed by atoms with Gasteiger partial charge >= 0.3 is 0 Å². The smallest absolute Gasteiger partial charge is 0.0217 e. The Balaban J connectivity index is 1.99. The van der Waals surface area contributed by atoms with Gasteiger partial charge in [-0.15, -0.1) is 0 Å². The van der Waals surface area contributed by atoms with Gasteiger partial charge in [0.15, 0.2) is 0 Å². The molecular weight excluding hydrogens is 184 g/mol. The summed E-state index contributed by atoms with van der Waals surface area (Å²) in [5, 5.41) is 3.60. The number of likely N-dealkylation sites (tertiary alicyclic amines) is 1. The average molecular weight is 212 g/mol. The summed E-state index contributed by atoms with van der Waals surface area (Å²) in [5.74, 6) is 0.851. The first-order valence-electron chi connectivity index (χ1n) is 6.61. The lowest BCUT2D eigenvalue weighted by atomic mass is 10.0. The molecule has 1 heterocycles. The van der Waals surface area contributed by atoms with Gasteiger partial charge in [-0.2, -0.15) is 0 Å². The van der Waals surface area contributed by atoms with E-state index in [2.05, 4.69) is 31.1 Å². The van der Waals surface area contributed by atoms with Gasteiger partial charge in [0.25, 0.3) is 0 Å². The average Bonchev–Trinajstić information content (AvgIpc) is 2.20. The van der Waals surface area contributed by atoms with Crippen LogP contribution < -0.4 is 5.32 Å². The van der Waals surface area contributed by atoms with Crippen molar-refractivity contribution in [2.45, 2.75) is 52.0 Å². The van der Waals surface area contributed by atoms with E-state index in [0.717, 1.165) is 12.0 Å². The number of likely N-dealkylation sites (N-methyl/N-ethyl adjacent to an activating group) is 1. The molecule has 1 unspecified atom stereocenters. The molecule has 1 rings (SSSR count). The minimum absolute atomic E-state index is 0.790. The van der Waals surface area contributed by atoms with Crippen LogP contribution in [0.25, 0.3) is 0 Å². The van der Waals surface area contributed by atoms with Crippen molar-refractivity contribution in [2.24, 2.45) is 5.92 Å². The van der Waals surface area contributed by atoms with Crippen LogP contribution in [-0.4, -0.2) is 37.6 Å². The second-order valence-electron chi connectivity index (χ2n) is 5.37. The molecular formula is C13H28N2. The SMILES string of the molecule is CC(C)CCCNCC1CCCCN1C. The van der Waals surface area contributed by atoms with Crippen LogP contribution in [0.2, 0.25) is 0 Å². The van der Waals surface area contributed by atoms with Gasteiger partial charge in [0.1, 0.15) is 0 Å². The molecule has 2 nitrogen and oxygen atoms in total. The van der Waals surface area contributed by atoms with Crippen molar-refractivity contribution in [1.82, 2.24) is 10.2 Å². The lowest BCUT2D eigenvalue weighted by Crippen LogP contribution is -2.43. The summed E-state index contributed by atoms with van der Waals surface area (Å²) in [6.07, 6.45) is 6.87. The number of nitrogens with one attached hydrogen (secondary N) is 1. The summed E-state index contributed by atoms with van der Waals surface area (Å²) in [6, 6.07) is 0.790. The van der Waals surface area contributed by atoms with E-state index in [9.17, 15) is 0 Å². The first-order chi connectivity index (χ1) is 7.20. The molecule has 90 valence electrons. The minimum atomic E-state index is 0.790. The topological polar surface area (TPSA) is 15.3 Å². The Morgan fingerprint density at radius 2 is 2.13 bits per heavy atom. The van der Waals surface area contributed by atoms with E-state index in [1.807, 2.05) is 0 Å². The third-order valence-corrected chi connectivity index (χ3v) is 3.44. The molecule has 1 atom stereocenters. The molecule has 0 spiro atoms. The van der Waals surface area contributed by atoms with E-state index in [-0.39, 0.29) is 0 Å². The van der Waals surface area contributed by atoms with Crippen molar-refractivity contribution in [3.05, 3.63) is 0 Å². The van der Waals surface area contributed by atoms with Crippen LogP contribution in [0.15, 0.2) is 0 Å². The standard InChI is InChI=1S/C13H28N2/c1-12(2)7-6-9-14-11-13-8-4-5-10-15(13)3/h12-14H,4-11H2,1-3H3. The summed E-state index contributed by atoms with van der Waals surface area (Å²) in [5.41, 5.74) is 0. The molecule has 0 aromatic rings. The highest BCUT2D eigenvalue weighted by Gasteiger charge is 2.17. The minimum Gasteiger partial charge on any atom is -0.315 e. The Morgan fingerprint density at radius 1 is 1.33 bits per heavy atom. The molecule has 1 fully saturated rings. The third-order valence-electron chi connectivity index (χ3n) is 3.44. The molecule has 0 radical (unpaired) electrons. The second kappa shape index (κ2) is 7.24. The summed E-state index contributed by atoms with van der Waals surface area (Å²) in [4.78, 5) is 2.51. The fraction of sp³-hybridized carbons (Fsp3) is 1.00.